The Morgan fingerprint density at radius 2 is 0.500 bits per heavy atom. The molecular formula is C82H52N6. The van der Waals surface area contributed by atoms with Crippen LogP contribution in [0.2, 0.25) is 0 Å². The first-order valence-electron chi connectivity index (χ1n) is 29.6. The topological polar surface area (TPSA) is 72.3 Å². The van der Waals surface area contributed by atoms with Gasteiger partial charge in [-0.1, -0.05) is 231 Å². The fraction of sp³-hybridized carbons (Fsp3) is 0. The molecule has 0 saturated heterocycles. The van der Waals surface area contributed by atoms with Crippen molar-refractivity contribution in [1.82, 2.24) is 24.1 Å². The number of benzene rings is 13. The molecule has 3 aromatic heterocycles. The standard InChI is InChI=1S/C82H52N6/c83-53-54-31-33-59(34-32-54)62-35-41-74(87-75-42-36-63(55-19-7-1-8-20-55)48-69(75)70-49-64(37-43-76(70)87)56-21-9-2-10-22-56)68(47-62)67-40-46-79(73(52-67)82-85-80(60-27-15-5-16-28-60)84-81(86-82)61-29-17-6-18-30-61)88-77-44-38-65(57-23-11-3-12-24-57)50-71(77)72-51-66(39-45-78(72)88)58-25-13-4-14-26-58/h1-52H. The van der Waals surface area contributed by atoms with Crippen molar-refractivity contribution >= 4 is 43.6 Å². The Hall–Kier alpha value is -12.0. The molecule has 0 unspecified atom stereocenters. The summed E-state index contributed by atoms with van der Waals surface area (Å²) in [4.78, 5) is 16.2. The maximum absolute atomic E-state index is 9.91. The highest BCUT2D eigenvalue weighted by atomic mass is 15.1. The molecule has 0 aliphatic rings. The third kappa shape index (κ3) is 9.28. The molecule has 0 aliphatic carbocycles. The van der Waals surface area contributed by atoms with Gasteiger partial charge in [0.2, 0.25) is 0 Å². The Balaban J connectivity index is 0.995. The van der Waals surface area contributed by atoms with Gasteiger partial charge in [-0.05, 0) is 146 Å². The summed E-state index contributed by atoms with van der Waals surface area (Å²) in [6.45, 7) is 0. The maximum Gasteiger partial charge on any atom is 0.166 e. The van der Waals surface area contributed by atoms with Crippen LogP contribution in [0.4, 0.5) is 0 Å². The van der Waals surface area contributed by atoms with E-state index in [1.165, 1.54) is 0 Å². The molecule has 6 nitrogen and oxygen atoms in total. The normalized spacial score (nSPS) is 11.4. The summed E-state index contributed by atoms with van der Waals surface area (Å²) in [5.74, 6) is 1.67. The molecule has 3 heterocycles. The van der Waals surface area contributed by atoms with Gasteiger partial charge in [0.25, 0.3) is 0 Å². The summed E-state index contributed by atoms with van der Waals surface area (Å²) in [6, 6.07) is 114. The molecule has 410 valence electrons. The Kier molecular flexibility index (Phi) is 12.8. The number of nitriles is 1. The molecule has 0 radical (unpaired) electrons. The Bertz CT molecular complexity index is 5090. The first kappa shape index (κ1) is 51.6. The van der Waals surface area contributed by atoms with Crippen molar-refractivity contribution in [2.45, 2.75) is 0 Å². The Labute approximate surface area is 509 Å². The van der Waals surface area contributed by atoms with E-state index in [1.54, 1.807) is 0 Å². The first-order valence-corrected chi connectivity index (χ1v) is 29.6. The van der Waals surface area contributed by atoms with E-state index in [9.17, 15) is 5.26 Å². The number of aromatic nitrogens is 5. The predicted octanol–water partition coefficient (Wildman–Crippen LogP) is 20.9. The lowest BCUT2D eigenvalue weighted by atomic mass is 9.94. The summed E-state index contributed by atoms with van der Waals surface area (Å²) >= 11 is 0. The third-order valence-electron chi connectivity index (χ3n) is 17.0. The second-order valence-corrected chi connectivity index (χ2v) is 22.3. The van der Waals surface area contributed by atoms with Gasteiger partial charge in [0.15, 0.2) is 17.5 Å². The molecule has 0 bridgehead atoms. The van der Waals surface area contributed by atoms with Crippen molar-refractivity contribution in [3.05, 3.63) is 321 Å². The van der Waals surface area contributed by atoms with Crippen molar-refractivity contribution in [3.63, 3.8) is 0 Å². The summed E-state index contributed by atoms with van der Waals surface area (Å²) < 4.78 is 4.84. The molecule has 0 aliphatic heterocycles. The van der Waals surface area contributed by atoms with Crippen LogP contribution < -0.4 is 0 Å². The van der Waals surface area contributed by atoms with Crippen molar-refractivity contribution in [2.24, 2.45) is 0 Å². The second kappa shape index (κ2) is 21.9. The van der Waals surface area contributed by atoms with Gasteiger partial charge in [-0.15, -0.1) is 0 Å². The van der Waals surface area contributed by atoms with Gasteiger partial charge >= 0.3 is 0 Å². The number of rotatable bonds is 11. The smallest absolute Gasteiger partial charge is 0.166 e. The highest BCUT2D eigenvalue weighted by Gasteiger charge is 2.24. The van der Waals surface area contributed by atoms with Gasteiger partial charge < -0.3 is 9.13 Å². The molecule has 16 rings (SSSR count). The molecule has 16 aromatic rings. The fourth-order valence-corrected chi connectivity index (χ4v) is 12.7. The summed E-state index contributed by atoms with van der Waals surface area (Å²) in [5, 5.41) is 14.5. The molecule has 13 aromatic carbocycles. The van der Waals surface area contributed by atoms with E-state index in [0.717, 1.165) is 138 Å². The zero-order valence-electron chi connectivity index (χ0n) is 47.7. The molecule has 0 spiro atoms. The molecule has 0 amide bonds. The van der Waals surface area contributed by atoms with E-state index in [0.29, 0.717) is 23.0 Å². The van der Waals surface area contributed by atoms with E-state index >= 15 is 0 Å². The minimum atomic E-state index is 0.532. The lowest BCUT2D eigenvalue weighted by molar-refractivity contribution is 1.06. The van der Waals surface area contributed by atoms with Gasteiger partial charge in [0, 0.05) is 43.8 Å². The van der Waals surface area contributed by atoms with E-state index in [2.05, 4.69) is 270 Å². The Morgan fingerprint density at radius 1 is 0.227 bits per heavy atom. The summed E-state index contributed by atoms with van der Waals surface area (Å²) in [7, 11) is 0. The maximum atomic E-state index is 9.91. The molecule has 6 heteroatoms. The van der Waals surface area contributed by atoms with Crippen molar-refractivity contribution < 1.29 is 0 Å². The van der Waals surface area contributed by atoms with Crippen LogP contribution in [0.25, 0.3) is 156 Å². The van der Waals surface area contributed by atoms with Crippen molar-refractivity contribution in [3.8, 4) is 118 Å². The van der Waals surface area contributed by atoms with Crippen molar-refractivity contribution in [1.29, 1.82) is 5.26 Å². The average molecular weight is 1120 g/mol. The predicted molar refractivity (Wildman–Crippen MR) is 362 cm³/mol. The van der Waals surface area contributed by atoms with E-state index in [-0.39, 0.29) is 0 Å². The average Bonchev–Trinajstić information content (AvgIpc) is 2.02. The number of hydrogen-bond donors (Lipinski definition) is 0. The fourth-order valence-electron chi connectivity index (χ4n) is 12.7. The van der Waals surface area contributed by atoms with E-state index < -0.39 is 0 Å². The van der Waals surface area contributed by atoms with Gasteiger partial charge in [0.05, 0.1) is 45.1 Å². The van der Waals surface area contributed by atoms with Gasteiger partial charge in [-0.2, -0.15) is 5.26 Å². The first-order chi connectivity index (χ1) is 43.6. The summed E-state index contributed by atoms with van der Waals surface area (Å²) in [6.07, 6.45) is 0. The van der Waals surface area contributed by atoms with Gasteiger partial charge in [0.1, 0.15) is 0 Å². The van der Waals surface area contributed by atoms with Crippen LogP contribution in [-0.2, 0) is 0 Å². The number of hydrogen-bond acceptors (Lipinski definition) is 4. The zero-order chi connectivity index (χ0) is 58.5. The largest absolute Gasteiger partial charge is 0.309 e. The van der Waals surface area contributed by atoms with Crippen LogP contribution in [0.1, 0.15) is 5.56 Å². The molecule has 0 saturated carbocycles. The van der Waals surface area contributed by atoms with Crippen LogP contribution >= 0.6 is 0 Å². The number of nitrogens with zero attached hydrogens (tertiary/aromatic N) is 6. The Morgan fingerprint density at radius 3 is 0.864 bits per heavy atom. The van der Waals surface area contributed by atoms with Crippen LogP contribution in [0.5, 0.6) is 0 Å². The lowest BCUT2D eigenvalue weighted by Crippen LogP contribution is -2.04. The van der Waals surface area contributed by atoms with E-state index in [4.69, 9.17) is 15.0 Å². The molecular weight excluding hydrogens is 1070 g/mol. The highest BCUT2D eigenvalue weighted by molar-refractivity contribution is 6.14. The lowest BCUT2D eigenvalue weighted by Gasteiger charge is -2.19. The van der Waals surface area contributed by atoms with Crippen LogP contribution in [0.15, 0.2) is 315 Å². The second-order valence-electron chi connectivity index (χ2n) is 22.3. The summed E-state index contributed by atoms with van der Waals surface area (Å²) in [5.41, 5.74) is 22.5. The SMILES string of the molecule is N#Cc1ccc(-c2ccc(-n3c4ccc(-c5ccccc5)cc4c4cc(-c5ccccc5)ccc43)c(-c3ccc(-n4c5ccc(-c6ccccc6)cc5c5cc(-c6ccccc6)ccc54)c(-c4nc(-c5ccccc5)nc(-c5ccccc5)n4)c3)c2)cc1. The van der Waals surface area contributed by atoms with Crippen LogP contribution in [0.3, 0.4) is 0 Å². The molecule has 0 N–H and O–H groups in total. The minimum Gasteiger partial charge on any atom is -0.309 e. The van der Waals surface area contributed by atoms with Gasteiger partial charge in [-0.3, -0.25) is 0 Å². The zero-order valence-corrected chi connectivity index (χ0v) is 47.7. The quantitative estimate of drug-likeness (QED) is 0.129. The molecule has 0 fully saturated rings. The highest BCUT2D eigenvalue weighted by Crippen LogP contribution is 2.45. The third-order valence-corrected chi connectivity index (χ3v) is 17.0. The molecule has 0 atom stereocenters. The minimum absolute atomic E-state index is 0.532. The molecule has 88 heavy (non-hydrogen) atoms. The van der Waals surface area contributed by atoms with Gasteiger partial charge in [-0.25, -0.2) is 15.0 Å². The van der Waals surface area contributed by atoms with Crippen LogP contribution in [-0.4, -0.2) is 24.1 Å². The monoisotopic (exact) mass is 1120 g/mol. The van der Waals surface area contributed by atoms with E-state index in [1.807, 2.05) is 60.7 Å². The number of fused-ring (bicyclic) bond motifs is 6. The van der Waals surface area contributed by atoms with Crippen molar-refractivity contribution in [2.75, 3.05) is 0 Å². The van der Waals surface area contributed by atoms with Crippen LogP contribution in [0, 0.1) is 11.3 Å².